The second kappa shape index (κ2) is 5.66. The molecule has 7 nitrogen and oxygen atoms in total. The molecule has 0 bridgehead atoms. The van der Waals surface area contributed by atoms with Gasteiger partial charge in [-0.3, -0.25) is 9.59 Å². The van der Waals surface area contributed by atoms with Crippen molar-refractivity contribution in [1.82, 2.24) is 4.31 Å². The molecular formula is C10H19NO6S. The van der Waals surface area contributed by atoms with Crippen LogP contribution in [0.1, 0.15) is 27.7 Å². The second-order valence-corrected chi connectivity index (χ2v) is 6.42. The fourth-order valence-corrected chi connectivity index (χ4v) is 3.27. The molecule has 0 amide bonds. The molecule has 0 aromatic carbocycles. The van der Waals surface area contributed by atoms with Gasteiger partial charge in [-0.1, -0.05) is 6.92 Å². The first-order valence-corrected chi connectivity index (χ1v) is 6.86. The molecule has 1 unspecified atom stereocenters. The number of nitrogens with zero attached hydrogens (tertiary/aromatic N) is 1. The van der Waals surface area contributed by atoms with Crippen molar-refractivity contribution in [3.63, 3.8) is 0 Å². The molecular weight excluding hydrogens is 262 g/mol. The third-order valence-electron chi connectivity index (χ3n) is 2.72. The van der Waals surface area contributed by atoms with Gasteiger partial charge in [0.05, 0.1) is 7.11 Å². The van der Waals surface area contributed by atoms with E-state index in [-0.39, 0.29) is 6.54 Å². The number of hydrogen-bond acceptors (Lipinski definition) is 5. The van der Waals surface area contributed by atoms with Crippen molar-refractivity contribution in [3.05, 3.63) is 0 Å². The highest BCUT2D eigenvalue weighted by Crippen LogP contribution is 2.22. The lowest BCUT2D eigenvalue weighted by molar-refractivity contribution is -0.147. The first-order chi connectivity index (χ1) is 8.03. The van der Waals surface area contributed by atoms with Crippen molar-refractivity contribution in [2.75, 3.05) is 13.7 Å². The Morgan fingerprint density at radius 2 is 1.83 bits per heavy atom. The van der Waals surface area contributed by atoms with Gasteiger partial charge in [0.15, 0.2) is 5.25 Å². The molecule has 0 heterocycles. The maximum atomic E-state index is 12.2. The molecule has 106 valence electrons. The Morgan fingerprint density at radius 1 is 1.39 bits per heavy atom. The quantitative estimate of drug-likeness (QED) is 0.691. The van der Waals surface area contributed by atoms with Gasteiger partial charge < -0.3 is 9.84 Å². The Bertz CT molecular complexity index is 428. The van der Waals surface area contributed by atoms with Crippen LogP contribution < -0.4 is 0 Å². The third kappa shape index (κ3) is 2.99. The number of likely N-dealkylation sites (N-methyl/N-ethyl adjacent to an activating group) is 1. The third-order valence-corrected chi connectivity index (χ3v) is 5.14. The van der Waals surface area contributed by atoms with Gasteiger partial charge in [-0.15, -0.1) is 0 Å². The van der Waals surface area contributed by atoms with Crippen LogP contribution >= 0.6 is 0 Å². The Balaban J connectivity index is 5.56. The van der Waals surface area contributed by atoms with E-state index in [0.29, 0.717) is 0 Å². The van der Waals surface area contributed by atoms with Crippen molar-refractivity contribution in [2.45, 2.75) is 38.5 Å². The summed E-state index contributed by atoms with van der Waals surface area (Å²) < 4.78 is 29.5. The first kappa shape index (κ1) is 16.9. The Morgan fingerprint density at radius 3 is 2.11 bits per heavy atom. The van der Waals surface area contributed by atoms with Crippen LogP contribution in [0.25, 0.3) is 0 Å². The topological polar surface area (TPSA) is 101 Å². The molecule has 0 aromatic heterocycles. The number of sulfonamides is 1. The van der Waals surface area contributed by atoms with Crippen molar-refractivity contribution < 1.29 is 27.9 Å². The largest absolute Gasteiger partial charge is 0.480 e. The van der Waals surface area contributed by atoms with Crippen LogP contribution in [0.5, 0.6) is 0 Å². The number of carbonyl (C=O) groups excluding carboxylic acids is 1. The van der Waals surface area contributed by atoms with E-state index in [1.54, 1.807) is 0 Å². The Hall–Kier alpha value is -1.15. The molecule has 0 aromatic rings. The monoisotopic (exact) mass is 281 g/mol. The average Bonchev–Trinajstić information content (AvgIpc) is 2.26. The number of carbonyl (C=O) groups is 2. The summed E-state index contributed by atoms with van der Waals surface area (Å²) in [5.41, 5.74) is -1.63. The lowest BCUT2D eigenvalue weighted by atomic mass is 10.1. The number of carboxylic acids is 1. The van der Waals surface area contributed by atoms with Gasteiger partial charge in [0, 0.05) is 6.54 Å². The van der Waals surface area contributed by atoms with Crippen molar-refractivity contribution in [1.29, 1.82) is 0 Å². The predicted molar refractivity (Wildman–Crippen MR) is 64.5 cm³/mol. The van der Waals surface area contributed by atoms with Gasteiger partial charge in [-0.05, 0) is 20.8 Å². The molecule has 0 aliphatic rings. The summed E-state index contributed by atoms with van der Waals surface area (Å²) in [7, 11) is -3.01. The van der Waals surface area contributed by atoms with Crippen LogP contribution in [0.3, 0.4) is 0 Å². The highest BCUT2D eigenvalue weighted by atomic mass is 32.2. The summed E-state index contributed by atoms with van der Waals surface area (Å²) >= 11 is 0. The Kier molecular flexibility index (Phi) is 5.30. The van der Waals surface area contributed by atoms with E-state index in [2.05, 4.69) is 4.74 Å². The highest BCUT2D eigenvalue weighted by molar-refractivity contribution is 7.90. The molecule has 0 saturated heterocycles. The normalized spacial score (nSPS) is 14.3. The van der Waals surface area contributed by atoms with E-state index < -0.39 is 32.8 Å². The Labute approximate surface area is 107 Å². The molecule has 0 aliphatic carbocycles. The van der Waals surface area contributed by atoms with E-state index in [4.69, 9.17) is 5.11 Å². The second-order valence-electron chi connectivity index (χ2n) is 4.24. The van der Waals surface area contributed by atoms with E-state index in [1.165, 1.54) is 27.7 Å². The van der Waals surface area contributed by atoms with Gasteiger partial charge in [-0.25, -0.2) is 8.42 Å². The zero-order valence-corrected chi connectivity index (χ0v) is 11.9. The molecule has 18 heavy (non-hydrogen) atoms. The van der Waals surface area contributed by atoms with Crippen LogP contribution in [0.15, 0.2) is 0 Å². The number of methoxy groups -OCH3 is 1. The highest BCUT2D eigenvalue weighted by Gasteiger charge is 2.45. The summed E-state index contributed by atoms with van der Waals surface area (Å²) in [4.78, 5) is 22.4. The van der Waals surface area contributed by atoms with Crippen molar-refractivity contribution in [2.24, 2.45) is 0 Å². The zero-order chi connectivity index (χ0) is 14.7. The van der Waals surface area contributed by atoms with Crippen molar-refractivity contribution >= 4 is 22.0 Å². The number of aliphatic carboxylic acids is 1. The van der Waals surface area contributed by atoms with Gasteiger partial charge in [0.25, 0.3) is 0 Å². The van der Waals surface area contributed by atoms with E-state index in [0.717, 1.165) is 11.4 Å². The summed E-state index contributed by atoms with van der Waals surface area (Å²) in [6.45, 7) is 5.15. The van der Waals surface area contributed by atoms with Gasteiger partial charge in [0.1, 0.15) is 5.54 Å². The van der Waals surface area contributed by atoms with E-state index in [9.17, 15) is 18.0 Å². The summed E-state index contributed by atoms with van der Waals surface area (Å²) in [6.07, 6.45) is 0. The smallest absolute Gasteiger partial charge is 0.325 e. The maximum absolute atomic E-state index is 12.2. The molecule has 1 N–H and O–H groups in total. The molecule has 0 saturated carbocycles. The lowest BCUT2D eigenvalue weighted by Crippen LogP contribution is -2.56. The van der Waals surface area contributed by atoms with E-state index in [1.807, 2.05) is 0 Å². The fraction of sp³-hybridized carbons (Fsp3) is 0.800. The summed E-state index contributed by atoms with van der Waals surface area (Å²) in [5, 5.41) is 7.62. The van der Waals surface area contributed by atoms with Gasteiger partial charge >= 0.3 is 11.9 Å². The predicted octanol–water partition coefficient (Wildman–Crippen LogP) is 0.0628. The number of rotatable bonds is 6. The molecule has 0 fully saturated rings. The minimum absolute atomic E-state index is 0.0526. The van der Waals surface area contributed by atoms with Crippen LogP contribution in [-0.4, -0.2) is 54.2 Å². The van der Waals surface area contributed by atoms with E-state index >= 15 is 0 Å². The molecule has 1 atom stereocenters. The molecule has 0 spiro atoms. The molecule has 0 radical (unpaired) electrons. The number of esters is 1. The molecule has 0 aliphatic heterocycles. The van der Waals surface area contributed by atoms with Crippen LogP contribution in [0.4, 0.5) is 0 Å². The van der Waals surface area contributed by atoms with Gasteiger partial charge in [-0.2, -0.15) is 4.31 Å². The maximum Gasteiger partial charge on any atom is 0.325 e. The summed E-state index contributed by atoms with van der Waals surface area (Å²) in [5.74, 6) is -2.21. The standard InChI is InChI=1S/C10H19NO6S/c1-6-11(10(3,4)9(13)14)18(15,16)7(2)8(12)17-5/h7H,6H2,1-5H3,(H,13,14). The lowest BCUT2D eigenvalue weighted by Gasteiger charge is -2.34. The van der Waals surface area contributed by atoms with Crippen LogP contribution in [0.2, 0.25) is 0 Å². The number of carboxylic acid groups (broad SMARTS) is 1. The SMILES string of the molecule is CCN(C(C)(C)C(=O)O)S(=O)(=O)C(C)C(=O)OC. The fourth-order valence-electron chi connectivity index (χ4n) is 1.48. The zero-order valence-electron chi connectivity index (χ0n) is 11.1. The minimum Gasteiger partial charge on any atom is -0.480 e. The number of ether oxygens (including phenoxy) is 1. The van der Waals surface area contributed by atoms with Gasteiger partial charge in [0.2, 0.25) is 10.0 Å². The van der Waals surface area contributed by atoms with Crippen LogP contribution in [-0.2, 0) is 24.3 Å². The number of hydrogen-bond donors (Lipinski definition) is 1. The summed E-state index contributed by atoms with van der Waals surface area (Å²) in [6, 6.07) is 0. The average molecular weight is 281 g/mol. The minimum atomic E-state index is -4.09. The van der Waals surface area contributed by atoms with Crippen molar-refractivity contribution in [3.8, 4) is 0 Å². The molecule has 8 heteroatoms. The molecule has 0 rings (SSSR count). The van der Waals surface area contributed by atoms with Crippen LogP contribution in [0, 0.1) is 0 Å². The first-order valence-electron chi connectivity index (χ1n) is 5.36.